The highest BCUT2D eigenvalue weighted by atomic mass is 19.4. The number of nitrogens with zero attached hydrogens (tertiary/aromatic N) is 4. The van der Waals surface area contributed by atoms with Crippen LogP contribution >= 0.6 is 0 Å². The van der Waals surface area contributed by atoms with Gasteiger partial charge in [-0.25, -0.2) is 9.67 Å². The number of halogens is 3. The summed E-state index contributed by atoms with van der Waals surface area (Å²) in [6.07, 6.45) is 0.814. The van der Waals surface area contributed by atoms with Crippen LogP contribution in [0.4, 0.5) is 19.0 Å². The van der Waals surface area contributed by atoms with E-state index in [9.17, 15) is 18.0 Å². The Bertz CT molecular complexity index is 975. The van der Waals surface area contributed by atoms with Crippen LogP contribution in [0.25, 0.3) is 5.69 Å². The van der Waals surface area contributed by atoms with Gasteiger partial charge in [0, 0.05) is 5.92 Å². The lowest BCUT2D eigenvalue weighted by Crippen LogP contribution is -2.18. The highest BCUT2D eigenvalue weighted by molar-refractivity contribution is 6.03. The first-order valence-corrected chi connectivity index (χ1v) is 8.27. The first-order valence-electron chi connectivity index (χ1n) is 8.27. The smallest absolute Gasteiger partial charge is 0.418 e. The predicted molar refractivity (Wildman–Crippen MR) is 87.4 cm³/mol. The molecule has 1 aliphatic carbocycles. The normalized spacial score (nSPS) is 14.8. The molecular formula is C17H14F3N5O2. The van der Waals surface area contributed by atoms with E-state index >= 15 is 0 Å². The topological polar surface area (TPSA) is 85.8 Å². The maximum absolute atomic E-state index is 13.1. The van der Waals surface area contributed by atoms with E-state index in [4.69, 9.17) is 4.42 Å². The van der Waals surface area contributed by atoms with Crippen LogP contribution in [0, 0.1) is 0 Å². The van der Waals surface area contributed by atoms with E-state index in [1.165, 1.54) is 30.8 Å². The lowest BCUT2D eigenvalue weighted by molar-refractivity contribution is -0.137. The first kappa shape index (κ1) is 17.3. The molecular weight excluding hydrogens is 363 g/mol. The third kappa shape index (κ3) is 3.29. The van der Waals surface area contributed by atoms with Gasteiger partial charge < -0.3 is 9.73 Å². The van der Waals surface area contributed by atoms with Gasteiger partial charge in [0.25, 0.3) is 5.91 Å². The zero-order valence-electron chi connectivity index (χ0n) is 13.9. The molecule has 0 atom stereocenters. The number of para-hydroxylation sites is 1. The zero-order chi connectivity index (χ0) is 19.0. The third-order valence-electron chi connectivity index (χ3n) is 4.48. The quantitative estimate of drug-likeness (QED) is 0.748. The van der Waals surface area contributed by atoms with Crippen LogP contribution in [0.2, 0.25) is 0 Å². The van der Waals surface area contributed by atoms with E-state index in [1.54, 1.807) is 0 Å². The molecule has 0 bridgehead atoms. The highest BCUT2D eigenvalue weighted by Crippen LogP contribution is 2.38. The molecule has 1 saturated carbocycles. The lowest BCUT2D eigenvalue weighted by atomic mass is 9.83. The van der Waals surface area contributed by atoms with Crippen LogP contribution in [0.3, 0.4) is 0 Å². The molecule has 140 valence electrons. The maximum atomic E-state index is 13.1. The average Bonchev–Trinajstić information content (AvgIpc) is 3.22. The highest BCUT2D eigenvalue weighted by Gasteiger charge is 2.34. The van der Waals surface area contributed by atoms with Gasteiger partial charge in [-0.1, -0.05) is 23.8 Å². The number of hydrogen-bond acceptors (Lipinski definition) is 5. The Morgan fingerprint density at radius 3 is 2.74 bits per heavy atom. The molecule has 1 aliphatic rings. The summed E-state index contributed by atoms with van der Waals surface area (Å²) in [6.45, 7) is 0. The van der Waals surface area contributed by atoms with Crippen molar-refractivity contribution >= 4 is 11.7 Å². The Morgan fingerprint density at radius 2 is 2.04 bits per heavy atom. The minimum atomic E-state index is -4.54. The molecule has 2 aromatic heterocycles. The Balaban J connectivity index is 1.56. The number of aromatic nitrogens is 4. The van der Waals surface area contributed by atoms with Crippen molar-refractivity contribution in [1.82, 2.24) is 20.0 Å². The molecule has 0 saturated heterocycles. The first-order chi connectivity index (χ1) is 12.9. The Morgan fingerprint density at radius 1 is 1.26 bits per heavy atom. The maximum Gasteiger partial charge on any atom is 0.418 e. The number of nitrogens with one attached hydrogen (secondary N) is 1. The molecule has 0 unspecified atom stereocenters. The van der Waals surface area contributed by atoms with Crippen molar-refractivity contribution in [3.05, 3.63) is 53.9 Å². The molecule has 7 nitrogen and oxygen atoms in total. The van der Waals surface area contributed by atoms with Gasteiger partial charge >= 0.3 is 6.18 Å². The van der Waals surface area contributed by atoms with Gasteiger partial charge in [0.15, 0.2) is 17.9 Å². The van der Waals surface area contributed by atoms with Crippen molar-refractivity contribution in [2.45, 2.75) is 31.4 Å². The van der Waals surface area contributed by atoms with Gasteiger partial charge in [-0.05, 0) is 25.0 Å². The molecule has 4 rings (SSSR count). The van der Waals surface area contributed by atoms with Crippen molar-refractivity contribution < 1.29 is 22.4 Å². The van der Waals surface area contributed by atoms with Gasteiger partial charge in [-0.15, -0.1) is 5.10 Å². The monoisotopic (exact) mass is 377 g/mol. The second-order valence-corrected chi connectivity index (χ2v) is 6.21. The summed E-state index contributed by atoms with van der Waals surface area (Å²) in [5, 5.41) is 9.92. The summed E-state index contributed by atoms with van der Waals surface area (Å²) in [7, 11) is 0. The van der Waals surface area contributed by atoms with Crippen LogP contribution in [0.1, 0.15) is 47.0 Å². The minimum Gasteiger partial charge on any atom is -0.447 e. The van der Waals surface area contributed by atoms with Crippen molar-refractivity contribution in [2.24, 2.45) is 0 Å². The Labute approximate surface area is 151 Å². The second-order valence-electron chi connectivity index (χ2n) is 6.21. The number of carbonyl (C=O) groups excluding carboxylic acids is 1. The molecule has 3 aromatic rings. The number of carbonyl (C=O) groups is 1. The summed E-state index contributed by atoms with van der Waals surface area (Å²) in [6, 6.07) is 4.98. The van der Waals surface area contributed by atoms with Crippen LogP contribution in [-0.4, -0.2) is 25.9 Å². The molecule has 1 fully saturated rings. The molecule has 1 amide bonds. The van der Waals surface area contributed by atoms with Crippen molar-refractivity contribution in [3.8, 4) is 5.69 Å². The number of hydrogen-bond donors (Lipinski definition) is 1. The molecule has 1 N–H and O–H groups in total. The molecule has 1 aromatic carbocycles. The number of benzene rings is 1. The van der Waals surface area contributed by atoms with Crippen LogP contribution in [0.5, 0.6) is 0 Å². The Hall–Kier alpha value is -3.17. The number of amides is 1. The van der Waals surface area contributed by atoms with Crippen LogP contribution in [-0.2, 0) is 6.18 Å². The van der Waals surface area contributed by atoms with Crippen LogP contribution in [0.15, 0.2) is 41.3 Å². The molecule has 0 aliphatic heterocycles. The standard InChI is InChI=1S/C17H14F3N5O2/c18-17(19,20)11-6-1-2-7-12(11)25-8-13(23-24-25)22-16(26)14-15(27-9-21-14)10-4-3-5-10/h1-2,6-10H,3-5H2,(H,22,26). The van der Waals surface area contributed by atoms with Gasteiger partial charge in [0.05, 0.1) is 17.4 Å². The van der Waals surface area contributed by atoms with E-state index in [0.717, 1.165) is 30.0 Å². The van der Waals surface area contributed by atoms with Gasteiger partial charge in [-0.3, -0.25) is 4.79 Å². The number of anilines is 1. The second kappa shape index (κ2) is 6.53. The number of rotatable bonds is 4. The fourth-order valence-electron chi connectivity index (χ4n) is 2.91. The molecule has 0 radical (unpaired) electrons. The van der Waals surface area contributed by atoms with E-state index in [-0.39, 0.29) is 23.1 Å². The van der Waals surface area contributed by atoms with Gasteiger partial charge in [0.1, 0.15) is 5.76 Å². The van der Waals surface area contributed by atoms with E-state index < -0.39 is 17.6 Å². The van der Waals surface area contributed by atoms with Crippen molar-refractivity contribution in [3.63, 3.8) is 0 Å². The SMILES string of the molecule is O=C(Nc1cn(-c2ccccc2C(F)(F)F)nn1)c1ncoc1C1CCC1. The summed E-state index contributed by atoms with van der Waals surface area (Å²) >= 11 is 0. The third-order valence-corrected chi connectivity index (χ3v) is 4.48. The molecule has 0 spiro atoms. The summed E-state index contributed by atoms with van der Waals surface area (Å²) in [5.74, 6) is 0.164. The van der Waals surface area contributed by atoms with E-state index in [2.05, 4.69) is 20.6 Å². The summed E-state index contributed by atoms with van der Waals surface area (Å²) in [4.78, 5) is 16.4. The lowest BCUT2D eigenvalue weighted by Gasteiger charge is -2.23. The summed E-state index contributed by atoms with van der Waals surface area (Å²) in [5.41, 5.74) is -0.879. The van der Waals surface area contributed by atoms with E-state index in [1.807, 2.05) is 0 Å². The van der Waals surface area contributed by atoms with Crippen LogP contribution < -0.4 is 5.32 Å². The predicted octanol–water partition coefficient (Wildman–Crippen LogP) is 3.79. The fraction of sp³-hybridized carbons (Fsp3) is 0.294. The fourth-order valence-corrected chi connectivity index (χ4v) is 2.91. The van der Waals surface area contributed by atoms with Crippen molar-refractivity contribution in [2.75, 3.05) is 5.32 Å². The minimum absolute atomic E-state index is 0.0135. The molecule has 10 heteroatoms. The van der Waals surface area contributed by atoms with E-state index in [0.29, 0.717) is 5.76 Å². The molecule has 27 heavy (non-hydrogen) atoms. The summed E-state index contributed by atoms with van der Waals surface area (Å²) < 4.78 is 45.7. The van der Waals surface area contributed by atoms with Crippen molar-refractivity contribution in [1.29, 1.82) is 0 Å². The Kier molecular flexibility index (Phi) is 4.17. The molecule has 2 heterocycles. The van der Waals surface area contributed by atoms with Gasteiger partial charge in [0.2, 0.25) is 0 Å². The average molecular weight is 377 g/mol. The number of alkyl halides is 3. The number of oxazole rings is 1. The van der Waals surface area contributed by atoms with Gasteiger partial charge in [-0.2, -0.15) is 13.2 Å². The largest absolute Gasteiger partial charge is 0.447 e. The zero-order valence-corrected chi connectivity index (χ0v) is 13.9.